The fourth-order valence-corrected chi connectivity index (χ4v) is 0.716. The molecule has 0 unspecified atom stereocenters. The van der Waals surface area contributed by atoms with Crippen molar-refractivity contribution in [2.75, 3.05) is 0 Å². The number of nitrogens with two attached hydrogens (primary N) is 1. The molecule has 2 heteroatoms. The van der Waals surface area contributed by atoms with Gasteiger partial charge in [0.05, 0.1) is 0 Å². The summed E-state index contributed by atoms with van der Waals surface area (Å²) in [6.07, 6.45) is 1.38. The van der Waals surface area contributed by atoms with Crippen LogP contribution in [0.3, 0.4) is 0 Å². The van der Waals surface area contributed by atoms with E-state index in [1.165, 1.54) is 13.1 Å². The number of Topliss-reactive ketones (excluding diaryl/α,β-unsaturated/α-hetero) is 1. The van der Waals surface area contributed by atoms with Crippen molar-refractivity contribution in [2.24, 2.45) is 11.7 Å². The second kappa shape index (κ2) is 3.28. The summed E-state index contributed by atoms with van der Waals surface area (Å²) < 4.78 is 0. The molecule has 0 aliphatic rings. The molecule has 0 aliphatic carbocycles. The minimum atomic E-state index is 0.0625. The fraction of sp³-hybridized carbons (Fsp3) is 0.571. The van der Waals surface area contributed by atoms with Gasteiger partial charge in [-0.2, -0.15) is 0 Å². The Hall–Kier alpha value is -0.790. The van der Waals surface area contributed by atoms with Crippen molar-refractivity contribution in [3.05, 3.63) is 11.8 Å². The summed E-state index contributed by atoms with van der Waals surface area (Å²) in [6, 6.07) is 0. The van der Waals surface area contributed by atoms with Gasteiger partial charge in [0.1, 0.15) is 0 Å². The predicted octanol–water partition coefficient (Wildman–Crippen LogP) is 1.07. The molecule has 0 aromatic heterocycles. The Morgan fingerprint density at radius 1 is 1.56 bits per heavy atom. The van der Waals surface area contributed by atoms with E-state index < -0.39 is 0 Å². The maximum absolute atomic E-state index is 10.7. The van der Waals surface area contributed by atoms with Crippen LogP contribution in [0.5, 0.6) is 0 Å². The largest absolute Gasteiger partial charge is 0.404 e. The third kappa shape index (κ3) is 2.31. The van der Waals surface area contributed by atoms with Crippen LogP contribution < -0.4 is 5.73 Å². The fourth-order valence-electron chi connectivity index (χ4n) is 0.716. The van der Waals surface area contributed by atoms with Crippen LogP contribution in [0.2, 0.25) is 0 Å². The Morgan fingerprint density at radius 3 is 2.00 bits per heavy atom. The molecule has 9 heavy (non-hydrogen) atoms. The van der Waals surface area contributed by atoms with Crippen molar-refractivity contribution in [3.63, 3.8) is 0 Å². The SMILES string of the molecule is CC(=O)/C(=C/N)C(C)C. The van der Waals surface area contributed by atoms with Gasteiger partial charge in [0.2, 0.25) is 0 Å². The molecule has 0 heterocycles. The Morgan fingerprint density at radius 2 is 2.00 bits per heavy atom. The standard InChI is InChI=1S/C7H13NO/c1-5(2)7(4-8)6(3)9/h4-5H,8H2,1-3H3/b7-4+. The summed E-state index contributed by atoms with van der Waals surface area (Å²) in [4.78, 5) is 10.7. The molecule has 2 N–H and O–H groups in total. The number of allylic oxidation sites excluding steroid dienone is 1. The molecule has 0 aromatic carbocycles. The molecular weight excluding hydrogens is 114 g/mol. The molecular formula is C7H13NO. The van der Waals surface area contributed by atoms with Crippen molar-refractivity contribution in [1.29, 1.82) is 0 Å². The van der Waals surface area contributed by atoms with Gasteiger partial charge in [-0.15, -0.1) is 0 Å². The average molecular weight is 127 g/mol. The first-order valence-electron chi connectivity index (χ1n) is 3.02. The van der Waals surface area contributed by atoms with Crippen LogP contribution in [0.4, 0.5) is 0 Å². The number of rotatable bonds is 2. The summed E-state index contributed by atoms with van der Waals surface area (Å²) in [5.41, 5.74) is 5.90. The lowest BCUT2D eigenvalue weighted by molar-refractivity contribution is -0.114. The van der Waals surface area contributed by atoms with Crippen LogP contribution >= 0.6 is 0 Å². The number of hydrogen-bond acceptors (Lipinski definition) is 2. The molecule has 0 saturated heterocycles. The van der Waals surface area contributed by atoms with E-state index in [0.29, 0.717) is 5.57 Å². The van der Waals surface area contributed by atoms with Crippen LogP contribution in [0, 0.1) is 5.92 Å². The monoisotopic (exact) mass is 127 g/mol. The van der Waals surface area contributed by atoms with Crippen molar-refractivity contribution in [1.82, 2.24) is 0 Å². The van der Waals surface area contributed by atoms with Gasteiger partial charge in [-0.25, -0.2) is 0 Å². The molecule has 0 saturated carbocycles. The molecule has 2 nitrogen and oxygen atoms in total. The second-order valence-corrected chi connectivity index (χ2v) is 2.33. The summed E-state index contributed by atoms with van der Waals surface area (Å²) in [5.74, 6) is 0.306. The Kier molecular flexibility index (Phi) is 2.99. The van der Waals surface area contributed by atoms with Crippen LogP contribution in [-0.4, -0.2) is 5.78 Å². The van der Waals surface area contributed by atoms with Crippen molar-refractivity contribution < 1.29 is 4.79 Å². The van der Waals surface area contributed by atoms with Gasteiger partial charge >= 0.3 is 0 Å². The van der Waals surface area contributed by atoms with E-state index in [0.717, 1.165) is 0 Å². The molecule has 0 aliphatic heterocycles. The van der Waals surface area contributed by atoms with Gasteiger partial charge in [-0.05, 0) is 12.8 Å². The molecule has 0 amide bonds. The van der Waals surface area contributed by atoms with E-state index in [4.69, 9.17) is 5.73 Å². The molecule has 0 bridgehead atoms. The third-order valence-electron chi connectivity index (χ3n) is 1.21. The van der Waals surface area contributed by atoms with Crippen molar-refractivity contribution in [3.8, 4) is 0 Å². The molecule has 0 spiro atoms. The van der Waals surface area contributed by atoms with E-state index >= 15 is 0 Å². The molecule has 0 rings (SSSR count). The minimum absolute atomic E-state index is 0.0625. The van der Waals surface area contributed by atoms with Crippen molar-refractivity contribution >= 4 is 5.78 Å². The molecule has 0 radical (unpaired) electrons. The van der Waals surface area contributed by atoms with Crippen LogP contribution in [0.25, 0.3) is 0 Å². The molecule has 0 aromatic rings. The molecule has 0 fully saturated rings. The topological polar surface area (TPSA) is 43.1 Å². The third-order valence-corrected chi connectivity index (χ3v) is 1.21. The van der Waals surface area contributed by atoms with Gasteiger partial charge < -0.3 is 5.73 Å². The highest BCUT2D eigenvalue weighted by Gasteiger charge is 2.05. The normalized spacial score (nSPS) is 12.2. The quantitative estimate of drug-likeness (QED) is 0.564. The first kappa shape index (κ1) is 8.21. The number of carbonyl (C=O) groups excluding carboxylic acids is 1. The maximum Gasteiger partial charge on any atom is 0.157 e. The second-order valence-electron chi connectivity index (χ2n) is 2.33. The Balaban J connectivity index is 4.19. The highest BCUT2D eigenvalue weighted by atomic mass is 16.1. The van der Waals surface area contributed by atoms with E-state index in [1.54, 1.807) is 0 Å². The lowest BCUT2D eigenvalue weighted by atomic mass is 10.0. The van der Waals surface area contributed by atoms with Gasteiger partial charge in [-0.3, -0.25) is 4.79 Å². The summed E-state index contributed by atoms with van der Waals surface area (Å²) >= 11 is 0. The highest BCUT2D eigenvalue weighted by Crippen LogP contribution is 2.07. The maximum atomic E-state index is 10.7. The number of ketones is 1. The van der Waals surface area contributed by atoms with E-state index in [2.05, 4.69) is 0 Å². The van der Waals surface area contributed by atoms with Gasteiger partial charge in [0, 0.05) is 11.8 Å². The number of carbonyl (C=O) groups is 1. The van der Waals surface area contributed by atoms with Crippen LogP contribution in [0.15, 0.2) is 11.8 Å². The lowest BCUT2D eigenvalue weighted by Crippen LogP contribution is -2.06. The zero-order valence-electron chi connectivity index (χ0n) is 6.14. The average Bonchev–Trinajstić information content (AvgIpc) is 1.64. The van der Waals surface area contributed by atoms with Gasteiger partial charge in [-0.1, -0.05) is 13.8 Å². The van der Waals surface area contributed by atoms with E-state index in [9.17, 15) is 4.79 Å². The first-order chi connectivity index (χ1) is 4.09. The van der Waals surface area contributed by atoms with Gasteiger partial charge in [0.15, 0.2) is 5.78 Å². The lowest BCUT2D eigenvalue weighted by Gasteiger charge is -2.04. The van der Waals surface area contributed by atoms with E-state index in [-0.39, 0.29) is 11.7 Å². The Labute approximate surface area is 55.7 Å². The zero-order chi connectivity index (χ0) is 7.44. The van der Waals surface area contributed by atoms with Crippen LogP contribution in [-0.2, 0) is 4.79 Å². The summed E-state index contributed by atoms with van der Waals surface area (Å²) in [6.45, 7) is 5.42. The molecule has 0 atom stereocenters. The van der Waals surface area contributed by atoms with Crippen molar-refractivity contribution in [2.45, 2.75) is 20.8 Å². The highest BCUT2D eigenvalue weighted by molar-refractivity contribution is 5.93. The van der Waals surface area contributed by atoms with E-state index in [1.807, 2.05) is 13.8 Å². The first-order valence-corrected chi connectivity index (χ1v) is 3.02. The zero-order valence-corrected chi connectivity index (χ0v) is 6.14. The smallest absolute Gasteiger partial charge is 0.157 e. The Bertz CT molecular complexity index is 136. The summed E-state index contributed by atoms with van der Waals surface area (Å²) in [7, 11) is 0. The minimum Gasteiger partial charge on any atom is -0.404 e. The van der Waals surface area contributed by atoms with Gasteiger partial charge in [0.25, 0.3) is 0 Å². The summed E-state index contributed by atoms with van der Waals surface area (Å²) in [5, 5.41) is 0. The predicted molar refractivity (Wildman–Crippen MR) is 37.8 cm³/mol. The van der Waals surface area contributed by atoms with Crippen LogP contribution in [0.1, 0.15) is 20.8 Å². The molecule has 52 valence electrons. The number of hydrogen-bond donors (Lipinski definition) is 1.